The molecule has 0 aromatic heterocycles. The van der Waals surface area contributed by atoms with Crippen LogP contribution in [0.2, 0.25) is 0 Å². The molecule has 0 spiro atoms. The summed E-state index contributed by atoms with van der Waals surface area (Å²) in [5.74, 6) is -1.88. The van der Waals surface area contributed by atoms with Crippen molar-refractivity contribution < 1.29 is 14.7 Å². The number of likely N-dealkylation sites (N-methyl/N-ethyl adjacent to an activating group) is 1. The zero-order valence-electron chi connectivity index (χ0n) is 12.7. The lowest BCUT2D eigenvalue weighted by Crippen LogP contribution is -2.38. The summed E-state index contributed by atoms with van der Waals surface area (Å²) in [6.45, 7) is 5.13. The number of carboxylic acid groups (broad SMARTS) is 1. The second kappa shape index (κ2) is 5.72. The van der Waals surface area contributed by atoms with Crippen molar-refractivity contribution in [3.8, 4) is 0 Å². The molecule has 114 valence electrons. The third-order valence-electron chi connectivity index (χ3n) is 5.09. The Morgan fingerprint density at radius 1 is 1.25 bits per heavy atom. The van der Waals surface area contributed by atoms with E-state index in [1.165, 1.54) is 25.7 Å². The summed E-state index contributed by atoms with van der Waals surface area (Å²) in [5, 5.41) is 12.0. The molecule has 0 aromatic rings. The molecule has 0 heterocycles. The number of amides is 1. The van der Waals surface area contributed by atoms with Gasteiger partial charge in [-0.1, -0.05) is 26.7 Å². The van der Waals surface area contributed by atoms with E-state index in [9.17, 15) is 9.59 Å². The Balaban J connectivity index is 1.72. The van der Waals surface area contributed by atoms with Crippen LogP contribution in [0.4, 0.5) is 0 Å². The van der Waals surface area contributed by atoms with Crippen LogP contribution in [0.25, 0.3) is 0 Å². The molecule has 2 fully saturated rings. The topological polar surface area (TPSA) is 69.6 Å². The van der Waals surface area contributed by atoms with Gasteiger partial charge in [-0.3, -0.25) is 9.59 Å². The molecule has 2 aliphatic carbocycles. The number of rotatable bonds is 6. The number of aliphatic carboxylic acids is 1. The summed E-state index contributed by atoms with van der Waals surface area (Å²) >= 11 is 0. The number of nitrogens with one attached hydrogen (secondary N) is 1. The molecule has 2 rings (SSSR count). The maximum absolute atomic E-state index is 12.0. The van der Waals surface area contributed by atoms with Crippen LogP contribution in [-0.2, 0) is 9.59 Å². The Morgan fingerprint density at radius 2 is 1.85 bits per heavy atom. The Labute approximate surface area is 120 Å². The normalized spacial score (nSPS) is 28.6. The van der Waals surface area contributed by atoms with Crippen LogP contribution in [0.5, 0.6) is 0 Å². The van der Waals surface area contributed by atoms with Gasteiger partial charge >= 0.3 is 5.97 Å². The minimum atomic E-state index is -0.863. The maximum atomic E-state index is 12.0. The van der Waals surface area contributed by atoms with Crippen LogP contribution >= 0.6 is 0 Å². The van der Waals surface area contributed by atoms with Gasteiger partial charge < -0.3 is 15.3 Å². The quantitative estimate of drug-likeness (QED) is 0.771. The van der Waals surface area contributed by atoms with Crippen molar-refractivity contribution in [2.75, 3.05) is 20.1 Å². The zero-order chi connectivity index (χ0) is 14.9. The van der Waals surface area contributed by atoms with Gasteiger partial charge in [-0.05, 0) is 25.3 Å². The highest BCUT2D eigenvalue weighted by Crippen LogP contribution is 2.58. The average molecular weight is 282 g/mol. The largest absolute Gasteiger partial charge is 0.481 e. The molecule has 0 bridgehead atoms. The first-order valence-corrected chi connectivity index (χ1v) is 7.56. The first-order chi connectivity index (χ1) is 9.35. The van der Waals surface area contributed by atoms with E-state index in [1.807, 2.05) is 13.8 Å². The van der Waals surface area contributed by atoms with Crippen LogP contribution in [0.3, 0.4) is 0 Å². The number of carboxylic acids is 1. The Morgan fingerprint density at radius 3 is 2.35 bits per heavy atom. The first-order valence-electron chi connectivity index (χ1n) is 7.56. The van der Waals surface area contributed by atoms with Gasteiger partial charge in [0.25, 0.3) is 0 Å². The molecule has 2 aliphatic rings. The van der Waals surface area contributed by atoms with E-state index in [0.717, 1.165) is 6.54 Å². The SMILES string of the molecule is CN(CCNC(=O)[C@H]1[C@@H](C(=O)O)C1(C)C)C1CCCC1. The van der Waals surface area contributed by atoms with Crippen molar-refractivity contribution in [2.24, 2.45) is 17.3 Å². The standard InChI is InChI=1S/C15H26N2O3/c1-15(2)11(12(15)14(19)20)13(18)16-8-9-17(3)10-6-4-5-7-10/h10-12H,4-9H2,1-3H3,(H,16,18)(H,19,20)/t11-,12+/m1/s1. The van der Waals surface area contributed by atoms with E-state index in [-0.39, 0.29) is 11.8 Å². The van der Waals surface area contributed by atoms with E-state index in [0.29, 0.717) is 12.6 Å². The van der Waals surface area contributed by atoms with Crippen LogP contribution in [0, 0.1) is 17.3 Å². The fourth-order valence-corrected chi connectivity index (χ4v) is 3.58. The van der Waals surface area contributed by atoms with Gasteiger partial charge in [0, 0.05) is 19.1 Å². The second-order valence-corrected chi connectivity index (χ2v) is 6.82. The predicted octanol–water partition coefficient (Wildman–Crippen LogP) is 1.33. The van der Waals surface area contributed by atoms with E-state index in [1.54, 1.807) is 0 Å². The number of carbonyl (C=O) groups is 2. The summed E-state index contributed by atoms with van der Waals surface area (Å²) in [6.07, 6.45) is 5.11. The van der Waals surface area contributed by atoms with Crippen LogP contribution in [0.15, 0.2) is 0 Å². The van der Waals surface area contributed by atoms with Gasteiger partial charge in [0.1, 0.15) is 0 Å². The summed E-state index contributed by atoms with van der Waals surface area (Å²) in [6, 6.07) is 0.649. The summed E-state index contributed by atoms with van der Waals surface area (Å²) < 4.78 is 0. The van der Waals surface area contributed by atoms with E-state index >= 15 is 0 Å². The molecule has 2 saturated carbocycles. The average Bonchev–Trinajstić information content (AvgIpc) is 2.78. The van der Waals surface area contributed by atoms with Crippen molar-refractivity contribution >= 4 is 11.9 Å². The minimum Gasteiger partial charge on any atom is -0.481 e. The monoisotopic (exact) mass is 282 g/mol. The van der Waals surface area contributed by atoms with E-state index < -0.39 is 17.3 Å². The lowest BCUT2D eigenvalue weighted by atomic mass is 10.1. The molecule has 1 amide bonds. The summed E-state index contributed by atoms with van der Waals surface area (Å²) in [7, 11) is 2.10. The highest BCUT2D eigenvalue weighted by molar-refractivity contribution is 5.91. The number of hydrogen-bond donors (Lipinski definition) is 2. The van der Waals surface area contributed by atoms with Crippen molar-refractivity contribution in [1.29, 1.82) is 0 Å². The Kier molecular flexibility index (Phi) is 4.37. The van der Waals surface area contributed by atoms with Gasteiger partial charge in [-0.15, -0.1) is 0 Å². The fourth-order valence-electron chi connectivity index (χ4n) is 3.58. The number of carbonyl (C=O) groups excluding carboxylic acids is 1. The molecule has 5 heteroatoms. The van der Waals surface area contributed by atoms with Crippen LogP contribution in [-0.4, -0.2) is 48.1 Å². The van der Waals surface area contributed by atoms with Crippen LogP contribution < -0.4 is 5.32 Å². The second-order valence-electron chi connectivity index (χ2n) is 6.82. The molecule has 20 heavy (non-hydrogen) atoms. The molecule has 2 N–H and O–H groups in total. The van der Waals surface area contributed by atoms with Crippen molar-refractivity contribution in [3.63, 3.8) is 0 Å². The highest BCUT2D eigenvalue weighted by Gasteiger charge is 2.65. The van der Waals surface area contributed by atoms with Gasteiger partial charge in [0.05, 0.1) is 11.8 Å². The number of nitrogens with zero attached hydrogens (tertiary/aromatic N) is 1. The molecule has 0 radical (unpaired) electrons. The lowest BCUT2D eigenvalue weighted by Gasteiger charge is -2.23. The Bertz CT molecular complexity index is 389. The summed E-state index contributed by atoms with van der Waals surface area (Å²) in [4.78, 5) is 25.4. The van der Waals surface area contributed by atoms with Gasteiger partial charge in [-0.25, -0.2) is 0 Å². The fraction of sp³-hybridized carbons (Fsp3) is 0.867. The maximum Gasteiger partial charge on any atom is 0.307 e. The predicted molar refractivity (Wildman–Crippen MR) is 76.3 cm³/mol. The third-order valence-corrected chi connectivity index (χ3v) is 5.09. The zero-order valence-corrected chi connectivity index (χ0v) is 12.7. The minimum absolute atomic E-state index is 0.109. The molecule has 0 aromatic carbocycles. The van der Waals surface area contributed by atoms with Crippen molar-refractivity contribution in [1.82, 2.24) is 10.2 Å². The molecule has 2 atom stereocenters. The highest BCUT2D eigenvalue weighted by atomic mass is 16.4. The van der Waals surface area contributed by atoms with Gasteiger partial charge in [0.15, 0.2) is 0 Å². The molecule has 0 unspecified atom stereocenters. The smallest absolute Gasteiger partial charge is 0.307 e. The molecular formula is C15H26N2O3. The molecule has 0 saturated heterocycles. The third kappa shape index (κ3) is 2.97. The first kappa shape index (κ1) is 15.3. The molecule has 5 nitrogen and oxygen atoms in total. The molecule has 0 aliphatic heterocycles. The van der Waals surface area contributed by atoms with Gasteiger partial charge in [0.2, 0.25) is 5.91 Å². The molecular weight excluding hydrogens is 256 g/mol. The summed E-state index contributed by atoms with van der Waals surface area (Å²) in [5.41, 5.74) is -0.409. The lowest BCUT2D eigenvalue weighted by molar-refractivity contribution is -0.140. The number of hydrogen-bond acceptors (Lipinski definition) is 3. The van der Waals surface area contributed by atoms with E-state index in [2.05, 4.69) is 17.3 Å². The van der Waals surface area contributed by atoms with Crippen LogP contribution in [0.1, 0.15) is 39.5 Å². The van der Waals surface area contributed by atoms with E-state index in [4.69, 9.17) is 5.11 Å². The van der Waals surface area contributed by atoms with Crippen molar-refractivity contribution in [3.05, 3.63) is 0 Å². The van der Waals surface area contributed by atoms with Crippen molar-refractivity contribution in [2.45, 2.75) is 45.6 Å². The Hall–Kier alpha value is -1.10. The van der Waals surface area contributed by atoms with Gasteiger partial charge in [-0.2, -0.15) is 0 Å².